The van der Waals surface area contributed by atoms with E-state index in [-0.39, 0.29) is 6.03 Å². The molecule has 1 aromatic heterocycles. The number of urea groups is 1. The molecular weight excluding hydrogens is 322 g/mol. The lowest BCUT2D eigenvalue weighted by atomic mass is 10.2. The van der Waals surface area contributed by atoms with Crippen LogP contribution in [0.2, 0.25) is 0 Å². The fourth-order valence-corrected chi connectivity index (χ4v) is 3.54. The smallest absolute Gasteiger partial charge is 0.317 e. The van der Waals surface area contributed by atoms with E-state index >= 15 is 0 Å². The summed E-state index contributed by atoms with van der Waals surface area (Å²) in [6.45, 7) is 4.15. The summed E-state index contributed by atoms with van der Waals surface area (Å²) in [6, 6.07) is 13.8. The van der Waals surface area contributed by atoms with Crippen LogP contribution in [0, 0.1) is 0 Å². The van der Waals surface area contributed by atoms with Crippen LogP contribution in [0.15, 0.2) is 47.8 Å². The molecule has 2 aromatic rings. The Hall–Kier alpha value is -1.89. The van der Waals surface area contributed by atoms with Gasteiger partial charge in [0.1, 0.15) is 6.10 Å². The third-order valence-electron chi connectivity index (χ3n) is 4.25. The first-order chi connectivity index (χ1) is 11.7. The number of rotatable bonds is 5. The molecule has 128 valence electrons. The summed E-state index contributed by atoms with van der Waals surface area (Å²) in [5.41, 5.74) is 1.10. The molecule has 0 aliphatic carbocycles. The summed E-state index contributed by atoms with van der Waals surface area (Å²) < 4.78 is 0. The van der Waals surface area contributed by atoms with Crippen LogP contribution in [0.4, 0.5) is 4.79 Å². The molecule has 5 nitrogen and oxygen atoms in total. The van der Waals surface area contributed by atoms with E-state index in [0.717, 1.165) is 23.5 Å². The highest BCUT2D eigenvalue weighted by Crippen LogP contribution is 2.20. The summed E-state index contributed by atoms with van der Waals surface area (Å²) in [6.07, 6.45) is -0.441. The van der Waals surface area contributed by atoms with Crippen molar-refractivity contribution in [1.29, 1.82) is 0 Å². The number of amides is 2. The topological polar surface area (TPSA) is 55.8 Å². The zero-order valence-electron chi connectivity index (χ0n) is 13.6. The molecule has 1 saturated heterocycles. The zero-order chi connectivity index (χ0) is 16.8. The van der Waals surface area contributed by atoms with Gasteiger partial charge in [0.15, 0.2) is 0 Å². The quantitative estimate of drug-likeness (QED) is 0.874. The van der Waals surface area contributed by atoms with E-state index in [2.05, 4.69) is 10.2 Å². The molecule has 0 radical (unpaired) electrons. The lowest BCUT2D eigenvalue weighted by Gasteiger charge is -2.35. The molecule has 6 heteroatoms. The molecule has 1 aliphatic heterocycles. The minimum absolute atomic E-state index is 0.0164. The van der Waals surface area contributed by atoms with Crippen LogP contribution in [-0.4, -0.2) is 53.7 Å². The highest BCUT2D eigenvalue weighted by atomic mass is 32.1. The minimum atomic E-state index is -0.441. The maximum absolute atomic E-state index is 12.2. The van der Waals surface area contributed by atoms with Crippen LogP contribution >= 0.6 is 11.3 Å². The zero-order valence-corrected chi connectivity index (χ0v) is 14.4. The van der Waals surface area contributed by atoms with Crippen LogP contribution in [0.5, 0.6) is 0 Å². The number of benzene rings is 1. The minimum Gasteiger partial charge on any atom is -0.386 e. The SMILES string of the molecule is O=C(NCc1ccccc1)N1CCN(C[C@@H](O)c2cccs2)CC1. The van der Waals surface area contributed by atoms with E-state index < -0.39 is 6.10 Å². The Morgan fingerprint density at radius 2 is 1.88 bits per heavy atom. The van der Waals surface area contributed by atoms with Crippen molar-refractivity contribution in [1.82, 2.24) is 15.1 Å². The van der Waals surface area contributed by atoms with E-state index in [1.54, 1.807) is 11.3 Å². The number of carbonyl (C=O) groups excluding carboxylic acids is 1. The third kappa shape index (κ3) is 4.56. The Morgan fingerprint density at radius 3 is 2.54 bits per heavy atom. The van der Waals surface area contributed by atoms with Crippen molar-refractivity contribution in [3.8, 4) is 0 Å². The number of thiophene rings is 1. The highest BCUT2D eigenvalue weighted by molar-refractivity contribution is 7.10. The van der Waals surface area contributed by atoms with Gasteiger partial charge in [-0.1, -0.05) is 36.4 Å². The van der Waals surface area contributed by atoms with Crippen LogP contribution in [0.3, 0.4) is 0 Å². The summed E-state index contributed by atoms with van der Waals surface area (Å²) in [7, 11) is 0. The van der Waals surface area contributed by atoms with Gasteiger partial charge in [0.25, 0.3) is 0 Å². The van der Waals surface area contributed by atoms with E-state index in [1.807, 2.05) is 52.7 Å². The number of carbonyl (C=O) groups is 1. The number of piperazine rings is 1. The molecule has 1 fully saturated rings. The van der Waals surface area contributed by atoms with E-state index in [0.29, 0.717) is 26.2 Å². The van der Waals surface area contributed by atoms with Crippen molar-refractivity contribution >= 4 is 17.4 Å². The number of hydrogen-bond donors (Lipinski definition) is 2. The molecule has 2 N–H and O–H groups in total. The number of nitrogens with one attached hydrogen (secondary N) is 1. The van der Waals surface area contributed by atoms with E-state index in [9.17, 15) is 9.90 Å². The van der Waals surface area contributed by atoms with Gasteiger partial charge in [-0.2, -0.15) is 0 Å². The number of β-amino-alcohol motifs (C(OH)–C–C–N with tert-alkyl or cyclic N) is 1. The summed E-state index contributed by atoms with van der Waals surface area (Å²) in [4.78, 5) is 17.3. The average Bonchev–Trinajstić information content (AvgIpc) is 3.16. The Labute approximate surface area is 146 Å². The summed E-state index contributed by atoms with van der Waals surface area (Å²) >= 11 is 1.58. The van der Waals surface area contributed by atoms with Gasteiger partial charge in [0.05, 0.1) is 0 Å². The average molecular weight is 345 g/mol. The molecule has 1 aliphatic rings. The predicted molar refractivity (Wildman–Crippen MR) is 96.0 cm³/mol. The highest BCUT2D eigenvalue weighted by Gasteiger charge is 2.23. The summed E-state index contributed by atoms with van der Waals surface area (Å²) in [5.74, 6) is 0. The molecule has 1 atom stereocenters. The molecule has 1 aromatic carbocycles. The first-order valence-corrected chi connectivity index (χ1v) is 9.11. The van der Waals surface area contributed by atoms with Crippen LogP contribution in [0.25, 0.3) is 0 Å². The fraction of sp³-hybridized carbons (Fsp3) is 0.389. The fourth-order valence-electron chi connectivity index (χ4n) is 2.83. The lowest BCUT2D eigenvalue weighted by molar-refractivity contribution is 0.0826. The lowest BCUT2D eigenvalue weighted by Crippen LogP contribution is -2.52. The second-order valence-corrected chi connectivity index (χ2v) is 6.94. The van der Waals surface area contributed by atoms with Crippen LogP contribution in [0.1, 0.15) is 16.5 Å². The van der Waals surface area contributed by atoms with E-state index in [4.69, 9.17) is 0 Å². The van der Waals surface area contributed by atoms with E-state index in [1.165, 1.54) is 0 Å². The number of aliphatic hydroxyl groups is 1. The Morgan fingerprint density at radius 1 is 1.12 bits per heavy atom. The first kappa shape index (κ1) is 17.0. The molecule has 0 bridgehead atoms. The summed E-state index contributed by atoms with van der Waals surface area (Å²) in [5, 5.41) is 15.2. The van der Waals surface area contributed by atoms with Crippen molar-refractivity contribution in [2.75, 3.05) is 32.7 Å². The largest absolute Gasteiger partial charge is 0.386 e. The van der Waals surface area contributed by atoms with Crippen LogP contribution in [-0.2, 0) is 6.54 Å². The molecule has 2 heterocycles. The molecule has 2 amide bonds. The maximum Gasteiger partial charge on any atom is 0.317 e. The van der Waals surface area contributed by atoms with Gasteiger partial charge in [0, 0.05) is 44.1 Å². The van der Waals surface area contributed by atoms with Gasteiger partial charge >= 0.3 is 6.03 Å². The molecule has 0 unspecified atom stereocenters. The third-order valence-corrected chi connectivity index (χ3v) is 5.22. The standard InChI is InChI=1S/C18H23N3O2S/c22-16(17-7-4-12-24-17)14-20-8-10-21(11-9-20)18(23)19-13-15-5-2-1-3-6-15/h1-7,12,16,22H,8-11,13-14H2,(H,19,23)/t16-/m1/s1. The molecule has 3 rings (SSSR count). The van der Waals surface area contributed by atoms with Gasteiger partial charge in [-0.15, -0.1) is 11.3 Å². The molecule has 0 spiro atoms. The van der Waals surface area contributed by atoms with Gasteiger partial charge in [-0.3, -0.25) is 4.90 Å². The molecular formula is C18H23N3O2S. The number of aliphatic hydroxyl groups excluding tert-OH is 1. The number of hydrogen-bond acceptors (Lipinski definition) is 4. The van der Waals surface area contributed by atoms with Crippen molar-refractivity contribution in [3.05, 3.63) is 58.3 Å². The van der Waals surface area contributed by atoms with Crippen molar-refractivity contribution in [2.24, 2.45) is 0 Å². The second kappa shape index (κ2) is 8.28. The Kier molecular flexibility index (Phi) is 5.85. The van der Waals surface area contributed by atoms with Gasteiger partial charge < -0.3 is 15.3 Å². The normalized spacial score (nSPS) is 16.8. The van der Waals surface area contributed by atoms with Crippen molar-refractivity contribution < 1.29 is 9.90 Å². The van der Waals surface area contributed by atoms with Gasteiger partial charge in [-0.05, 0) is 17.0 Å². The van der Waals surface area contributed by atoms with Crippen molar-refractivity contribution in [3.63, 3.8) is 0 Å². The second-order valence-electron chi connectivity index (χ2n) is 5.96. The molecule has 24 heavy (non-hydrogen) atoms. The number of nitrogens with zero attached hydrogens (tertiary/aromatic N) is 2. The molecule has 0 saturated carbocycles. The maximum atomic E-state index is 12.2. The van der Waals surface area contributed by atoms with Crippen molar-refractivity contribution in [2.45, 2.75) is 12.6 Å². The van der Waals surface area contributed by atoms with Crippen LogP contribution < -0.4 is 5.32 Å². The Bertz CT molecular complexity index is 625. The monoisotopic (exact) mass is 345 g/mol. The Balaban J connectivity index is 1.40. The predicted octanol–water partition coefficient (Wildman–Crippen LogP) is 2.31. The van der Waals surface area contributed by atoms with Gasteiger partial charge in [0.2, 0.25) is 0 Å². The van der Waals surface area contributed by atoms with Gasteiger partial charge in [-0.25, -0.2) is 4.79 Å². The first-order valence-electron chi connectivity index (χ1n) is 8.23.